The number of rotatable bonds is 4. The van der Waals surface area contributed by atoms with Crippen molar-refractivity contribution in [2.45, 2.75) is 58.8 Å². The number of aryl methyl sites for hydroxylation is 2. The fourth-order valence-corrected chi connectivity index (χ4v) is 4.50. The number of hydrogen-bond acceptors (Lipinski definition) is 1. The zero-order chi connectivity index (χ0) is 19.5. The second-order valence-corrected chi connectivity index (χ2v) is 8.19. The summed E-state index contributed by atoms with van der Waals surface area (Å²) in [6.07, 6.45) is 8.84. The Morgan fingerprint density at radius 3 is 2.36 bits per heavy atom. The van der Waals surface area contributed by atoms with E-state index >= 15 is 0 Å². The average molecular weight is 371 g/mol. The molecule has 2 aromatic carbocycles. The zero-order valence-corrected chi connectivity index (χ0v) is 17.3. The molecule has 1 heterocycles. The Kier molecular flexibility index (Phi) is 5.47. The standard InChI is InChI=1S/C26H30N2/c1-19-8-7-11-26(16-19)28-20(2)17-24(21(28)3)18-27-25-14-12-23(13-15-25)22-9-5-4-6-10-22/h7-8,11-18,22H,4-6,9-10H2,1-3H3. The molecule has 2 nitrogen and oxygen atoms in total. The first kappa shape index (κ1) is 18.7. The summed E-state index contributed by atoms with van der Waals surface area (Å²) in [4.78, 5) is 4.75. The molecular formula is C26H30N2. The molecule has 2 heteroatoms. The third-order valence-corrected chi connectivity index (χ3v) is 6.05. The van der Waals surface area contributed by atoms with E-state index in [1.165, 1.54) is 65.9 Å². The van der Waals surface area contributed by atoms with Gasteiger partial charge in [0.05, 0.1) is 5.69 Å². The fraction of sp³-hybridized carbons (Fsp3) is 0.346. The molecule has 0 saturated heterocycles. The lowest BCUT2D eigenvalue weighted by Crippen LogP contribution is -2.03. The molecule has 1 aliphatic carbocycles. The molecule has 3 aromatic rings. The number of nitrogens with zero attached hydrogens (tertiary/aromatic N) is 2. The van der Waals surface area contributed by atoms with Gasteiger partial charge in [0.1, 0.15) is 0 Å². The van der Waals surface area contributed by atoms with Gasteiger partial charge in [0.15, 0.2) is 0 Å². The predicted molar refractivity (Wildman–Crippen MR) is 120 cm³/mol. The van der Waals surface area contributed by atoms with E-state index in [-0.39, 0.29) is 0 Å². The van der Waals surface area contributed by atoms with Crippen LogP contribution in [0.5, 0.6) is 0 Å². The van der Waals surface area contributed by atoms with Crippen molar-refractivity contribution in [3.63, 3.8) is 0 Å². The maximum absolute atomic E-state index is 4.75. The van der Waals surface area contributed by atoms with Crippen LogP contribution in [0.2, 0.25) is 0 Å². The molecule has 0 amide bonds. The van der Waals surface area contributed by atoms with E-state index < -0.39 is 0 Å². The smallest absolute Gasteiger partial charge is 0.0630 e. The molecular weight excluding hydrogens is 340 g/mol. The van der Waals surface area contributed by atoms with Crippen LogP contribution < -0.4 is 0 Å². The second-order valence-electron chi connectivity index (χ2n) is 8.19. The van der Waals surface area contributed by atoms with E-state index in [4.69, 9.17) is 4.99 Å². The first-order valence-electron chi connectivity index (χ1n) is 10.5. The minimum Gasteiger partial charge on any atom is -0.318 e. The van der Waals surface area contributed by atoms with Crippen LogP contribution in [0.3, 0.4) is 0 Å². The second kappa shape index (κ2) is 8.18. The van der Waals surface area contributed by atoms with Crippen molar-refractivity contribution in [1.82, 2.24) is 4.57 Å². The first-order valence-corrected chi connectivity index (χ1v) is 10.5. The Bertz CT molecular complexity index is 970. The Morgan fingerprint density at radius 1 is 0.893 bits per heavy atom. The van der Waals surface area contributed by atoms with Crippen molar-refractivity contribution in [1.29, 1.82) is 0 Å². The summed E-state index contributed by atoms with van der Waals surface area (Å²) in [6.45, 7) is 6.46. The molecule has 0 aliphatic heterocycles. The van der Waals surface area contributed by atoms with Gasteiger partial charge in [-0.05, 0) is 81.0 Å². The fourth-order valence-electron chi connectivity index (χ4n) is 4.50. The van der Waals surface area contributed by atoms with E-state index in [9.17, 15) is 0 Å². The van der Waals surface area contributed by atoms with Gasteiger partial charge in [-0.15, -0.1) is 0 Å². The lowest BCUT2D eigenvalue weighted by atomic mass is 9.84. The highest BCUT2D eigenvalue weighted by atomic mass is 15.0. The van der Waals surface area contributed by atoms with Crippen molar-refractivity contribution in [3.05, 3.63) is 82.7 Å². The van der Waals surface area contributed by atoms with Gasteiger partial charge in [-0.2, -0.15) is 0 Å². The van der Waals surface area contributed by atoms with Gasteiger partial charge < -0.3 is 4.57 Å². The molecule has 144 valence electrons. The van der Waals surface area contributed by atoms with Crippen LogP contribution in [0.4, 0.5) is 5.69 Å². The van der Waals surface area contributed by atoms with Crippen molar-refractivity contribution < 1.29 is 0 Å². The topological polar surface area (TPSA) is 17.3 Å². The normalized spacial score (nSPS) is 15.4. The van der Waals surface area contributed by atoms with Crippen LogP contribution in [0.25, 0.3) is 5.69 Å². The highest BCUT2D eigenvalue weighted by molar-refractivity contribution is 5.84. The summed E-state index contributed by atoms with van der Waals surface area (Å²) in [5, 5.41) is 0. The van der Waals surface area contributed by atoms with Crippen molar-refractivity contribution in [2.75, 3.05) is 0 Å². The van der Waals surface area contributed by atoms with E-state index in [0.717, 1.165) is 11.6 Å². The van der Waals surface area contributed by atoms with Crippen molar-refractivity contribution in [2.24, 2.45) is 4.99 Å². The maximum atomic E-state index is 4.75. The summed E-state index contributed by atoms with van der Waals surface area (Å²) in [5.41, 5.74) is 8.64. The maximum Gasteiger partial charge on any atom is 0.0630 e. The summed E-state index contributed by atoms with van der Waals surface area (Å²) >= 11 is 0. The van der Waals surface area contributed by atoms with Gasteiger partial charge in [-0.1, -0.05) is 43.5 Å². The van der Waals surface area contributed by atoms with E-state index in [1.807, 2.05) is 6.21 Å². The predicted octanol–water partition coefficient (Wildman–Crippen LogP) is 7.20. The molecule has 0 N–H and O–H groups in total. The number of aromatic nitrogens is 1. The SMILES string of the molecule is Cc1cccc(-n2c(C)cc(C=Nc3ccc(C4CCCCC4)cc3)c2C)c1. The quantitative estimate of drug-likeness (QED) is 0.432. The highest BCUT2D eigenvalue weighted by Crippen LogP contribution is 2.33. The van der Waals surface area contributed by atoms with Gasteiger partial charge in [0.25, 0.3) is 0 Å². The highest BCUT2D eigenvalue weighted by Gasteiger charge is 2.15. The van der Waals surface area contributed by atoms with Crippen LogP contribution in [0, 0.1) is 20.8 Å². The third kappa shape index (κ3) is 3.96. The average Bonchev–Trinajstić information content (AvgIpc) is 3.01. The Labute approximate surface area is 169 Å². The van der Waals surface area contributed by atoms with Crippen LogP contribution in [0.1, 0.15) is 66.1 Å². The minimum absolute atomic E-state index is 0.750. The summed E-state index contributed by atoms with van der Waals surface area (Å²) in [5.74, 6) is 0.750. The first-order chi connectivity index (χ1) is 13.6. The lowest BCUT2D eigenvalue weighted by Gasteiger charge is -2.21. The molecule has 0 spiro atoms. The molecule has 0 radical (unpaired) electrons. The lowest BCUT2D eigenvalue weighted by molar-refractivity contribution is 0.443. The van der Waals surface area contributed by atoms with Gasteiger partial charge in [0, 0.05) is 28.9 Å². The molecule has 1 saturated carbocycles. The van der Waals surface area contributed by atoms with Crippen LogP contribution in [0.15, 0.2) is 59.6 Å². The largest absolute Gasteiger partial charge is 0.318 e. The Morgan fingerprint density at radius 2 is 1.64 bits per heavy atom. The molecule has 1 fully saturated rings. The number of aliphatic imine (C=N–C) groups is 1. The van der Waals surface area contributed by atoms with E-state index in [1.54, 1.807) is 0 Å². The van der Waals surface area contributed by atoms with Gasteiger partial charge in [-0.25, -0.2) is 0 Å². The van der Waals surface area contributed by atoms with Gasteiger partial charge >= 0.3 is 0 Å². The van der Waals surface area contributed by atoms with Gasteiger partial charge in [0.2, 0.25) is 0 Å². The monoisotopic (exact) mass is 370 g/mol. The van der Waals surface area contributed by atoms with Crippen LogP contribution in [-0.4, -0.2) is 10.8 Å². The number of benzene rings is 2. The van der Waals surface area contributed by atoms with Gasteiger partial charge in [-0.3, -0.25) is 4.99 Å². The minimum atomic E-state index is 0.750. The third-order valence-electron chi connectivity index (χ3n) is 6.05. The molecule has 4 rings (SSSR count). The molecule has 0 unspecified atom stereocenters. The number of hydrogen-bond donors (Lipinski definition) is 0. The molecule has 0 atom stereocenters. The molecule has 1 aliphatic rings. The van der Waals surface area contributed by atoms with Crippen LogP contribution >= 0.6 is 0 Å². The molecule has 0 bridgehead atoms. The van der Waals surface area contributed by atoms with Crippen molar-refractivity contribution >= 4 is 11.9 Å². The van der Waals surface area contributed by atoms with E-state index in [0.29, 0.717) is 0 Å². The molecule has 28 heavy (non-hydrogen) atoms. The molecule has 1 aromatic heterocycles. The summed E-state index contributed by atoms with van der Waals surface area (Å²) in [6, 6.07) is 19.8. The zero-order valence-electron chi connectivity index (χ0n) is 17.3. The Balaban J connectivity index is 1.54. The summed E-state index contributed by atoms with van der Waals surface area (Å²) < 4.78 is 2.31. The summed E-state index contributed by atoms with van der Waals surface area (Å²) in [7, 11) is 0. The van der Waals surface area contributed by atoms with E-state index in [2.05, 4.69) is 79.9 Å². The van der Waals surface area contributed by atoms with Crippen LogP contribution in [-0.2, 0) is 0 Å². The Hall–Kier alpha value is -2.61. The van der Waals surface area contributed by atoms with Crippen molar-refractivity contribution in [3.8, 4) is 5.69 Å².